The molecule has 0 aliphatic carbocycles. The highest BCUT2D eigenvalue weighted by atomic mass is 35.5. The second-order valence-corrected chi connectivity index (χ2v) is 6.36. The second-order valence-electron chi connectivity index (χ2n) is 4.75. The molecule has 4 heteroatoms. The molecule has 1 unspecified atom stereocenters. The van der Waals surface area contributed by atoms with Crippen molar-refractivity contribution < 1.29 is 9.13 Å². The maximum absolute atomic E-state index is 13.1. The zero-order valence-corrected chi connectivity index (χ0v) is 12.4. The largest absolute Gasteiger partial charge is 0.492 e. The van der Waals surface area contributed by atoms with Gasteiger partial charge in [-0.3, -0.25) is 0 Å². The highest BCUT2D eigenvalue weighted by Crippen LogP contribution is 2.37. The summed E-state index contributed by atoms with van der Waals surface area (Å²) in [5, 5.41) is 0.403. The number of halogens is 2. The molecule has 0 radical (unpaired) electrons. The Morgan fingerprint density at radius 3 is 2.90 bits per heavy atom. The van der Waals surface area contributed by atoms with Crippen LogP contribution in [0.2, 0.25) is 0 Å². The average Bonchev–Trinajstić information content (AvgIpc) is 2.88. The van der Waals surface area contributed by atoms with Gasteiger partial charge in [-0.05, 0) is 36.2 Å². The zero-order chi connectivity index (χ0) is 13.9. The number of benzene rings is 2. The first-order valence-corrected chi connectivity index (χ1v) is 7.89. The van der Waals surface area contributed by atoms with Crippen molar-refractivity contribution in [3.05, 3.63) is 59.4 Å². The molecule has 3 rings (SSSR count). The van der Waals surface area contributed by atoms with Crippen molar-refractivity contribution in [1.29, 1.82) is 0 Å². The van der Waals surface area contributed by atoms with Crippen molar-refractivity contribution in [2.45, 2.75) is 22.4 Å². The Morgan fingerprint density at radius 1 is 1.25 bits per heavy atom. The van der Waals surface area contributed by atoms with Crippen LogP contribution >= 0.6 is 23.4 Å². The quantitative estimate of drug-likeness (QED) is 0.760. The summed E-state index contributed by atoms with van der Waals surface area (Å²) in [6.07, 6.45) is 1.01. The fourth-order valence-electron chi connectivity index (χ4n) is 2.32. The van der Waals surface area contributed by atoms with E-state index in [1.807, 2.05) is 11.8 Å². The smallest absolute Gasteiger partial charge is 0.123 e. The topological polar surface area (TPSA) is 9.23 Å². The lowest BCUT2D eigenvalue weighted by Crippen LogP contribution is -2.14. The van der Waals surface area contributed by atoms with Crippen molar-refractivity contribution in [2.24, 2.45) is 0 Å². The monoisotopic (exact) mass is 308 g/mol. The summed E-state index contributed by atoms with van der Waals surface area (Å²) >= 11 is 7.66. The lowest BCUT2D eigenvalue weighted by molar-refractivity contribution is 0.314. The number of hydrogen-bond donors (Lipinski definition) is 0. The molecule has 2 aromatic carbocycles. The normalized spacial score (nSPS) is 17.0. The first-order chi connectivity index (χ1) is 9.76. The van der Waals surface area contributed by atoms with Gasteiger partial charge in [0.25, 0.3) is 0 Å². The molecular weight excluding hydrogens is 295 g/mol. The van der Waals surface area contributed by atoms with Crippen LogP contribution in [0.25, 0.3) is 0 Å². The molecule has 1 aliphatic heterocycles. The van der Waals surface area contributed by atoms with E-state index in [1.165, 1.54) is 22.6 Å². The lowest BCUT2D eigenvalue weighted by Gasteiger charge is -2.13. The zero-order valence-electron chi connectivity index (χ0n) is 10.8. The van der Waals surface area contributed by atoms with E-state index in [4.69, 9.17) is 16.3 Å². The molecule has 0 aromatic heterocycles. The van der Waals surface area contributed by atoms with Crippen molar-refractivity contribution in [1.82, 2.24) is 0 Å². The van der Waals surface area contributed by atoms with Gasteiger partial charge in [0.15, 0.2) is 0 Å². The molecule has 1 aliphatic rings. The van der Waals surface area contributed by atoms with Gasteiger partial charge in [0.05, 0.1) is 5.88 Å². The minimum absolute atomic E-state index is 0.255. The van der Waals surface area contributed by atoms with Gasteiger partial charge in [-0.1, -0.05) is 18.2 Å². The van der Waals surface area contributed by atoms with Gasteiger partial charge in [0, 0.05) is 15.7 Å². The van der Waals surface area contributed by atoms with E-state index in [2.05, 4.69) is 24.3 Å². The third-order valence-electron chi connectivity index (χ3n) is 3.31. The number of ether oxygens (including phenoxy) is 1. The molecule has 1 heterocycles. The van der Waals surface area contributed by atoms with Crippen LogP contribution in [-0.2, 0) is 12.3 Å². The Morgan fingerprint density at radius 2 is 2.10 bits per heavy atom. The van der Waals surface area contributed by atoms with Crippen molar-refractivity contribution in [2.75, 3.05) is 6.61 Å². The molecule has 1 nitrogen and oxygen atoms in total. The van der Waals surface area contributed by atoms with E-state index in [0.29, 0.717) is 23.2 Å². The second kappa shape index (κ2) is 6.06. The minimum atomic E-state index is -0.282. The molecule has 0 N–H and O–H groups in total. The molecule has 0 fully saturated rings. The Labute approximate surface area is 127 Å². The highest BCUT2D eigenvalue weighted by Gasteiger charge is 2.22. The Bertz CT molecular complexity index is 592. The molecule has 1 atom stereocenters. The summed E-state index contributed by atoms with van der Waals surface area (Å²) in [4.78, 5) is 1.33. The summed E-state index contributed by atoms with van der Waals surface area (Å²) in [6, 6.07) is 12.9. The summed E-state index contributed by atoms with van der Waals surface area (Å²) < 4.78 is 19.0. The predicted octanol–water partition coefficient (Wildman–Crippen LogP) is 4.66. The molecule has 2 aromatic rings. The number of thioether (sulfide) groups is 1. The van der Waals surface area contributed by atoms with Gasteiger partial charge < -0.3 is 4.74 Å². The SMILES string of the molecule is Fc1ccc(OCC2Cc3ccccc3S2)c(CCl)c1. The van der Waals surface area contributed by atoms with Gasteiger partial charge >= 0.3 is 0 Å². The van der Waals surface area contributed by atoms with Gasteiger partial charge in [-0.25, -0.2) is 4.39 Å². The maximum Gasteiger partial charge on any atom is 0.123 e. The first-order valence-electron chi connectivity index (χ1n) is 6.48. The Hall–Kier alpha value is -1.19. The van der Waals surface area contributed by atoms with Crippen molar-refractivity contribution >= 4 is 23.4 Å². The van der Waals surface area contributed by atoms with Gasteiger partial charge in [0.1, 0.15) is 18.2 Å². The first kappa shape index (κ1) is 13.8. The van der Waals surface area contributed by atoms with Gasteiger partial charge in [0.2, 0.25) is 0 Å². The Balaban J connectivity index is 1.64. The van der Waals surface area contributed by atoms with E-state index in [0.717, 1.165) is 6.42 Å². The summed E-state index contributed by atoms with van der Waals surface area (Å²) in [5.41, 5.74) is 2.08. The van der Waals surface area contributed by atoms with Crippen LogP contribution in [0.3, 0.4) is 0 Å². The van der Waals surface area contributed by atoms with Crippen LogP contribution < -0.4 is 4.74 Å². The molecule has 20 heavy (non-hydrogen) atoms. The van der Waals surface area contributed by atoms with Crippen LogP contribution in [0.15, 0.2) is 47.4 Å². The minimum Gasteiger partial charge on any atom is -0.492 e. The average molecular weight is 309 g/mol. The summed E-state index contributed by atoms with van der Waals surface area (Å²) in [5.74, 6) is 0.652. The molecule has 0 saturated heterocycles. The van der Waals surface area contributed by atoms with Crippen molar-refractivity contribution in [3.63, 3.8) is 0 Å². The number of fused-ring (bicyclic) bond motifs is 1. The fourth-order valence-corrected chi connectivity index (χ4v) is 3.75. The standard InChI is InChI=1S/C16H14ClFOS/c17-9-12-7-13(18)5-6-15(12)19-10-14-8-11-3-1-2-4-16(11)20-14/h1-7,14H,8-10H2. The number of rotatable bonds is 4. The van der Waals surface area contributed by atoms with Crippen LogP contribution in [0, 0.1) is 5.82 Å². The Kier molecular flexibility index (Phi) is 4.18. The molecule has 104 valence electrons. The van der Waals surface area contributed by atoms with Gasteiger partial charge in [-0.15, -0.1) is 23.4 Å². The van der Waals surface area contributed by atoms with E-state index in [1.54, 1.807) is 6.07 Å². The van der Waals surface area contributed by atoms with Gasteiger partial charge in [-0.2, -0.15) is 0 Å². The van der Waals surface area contributed by atoms with Crippen molar-refractivity contribution in [3.8, 4) is 5.75 Å². The fraction of sp³-hybridized carbons (Fsp3) is 0.250. The number of alkyl halides is 1. The molecular formula is C16H14ClFOS. The van der Waals surface area contributed by atoms with E-state index in [9.17, 15) is 4.39 Å². The highest BCUT2D eigenvalue weighted by molar-refractivity contribution is 8.00. The maximum atomic E-state index is 13.1. The third kappa shape index (κ3) is 2.94. The molecule has 0 bridgehead atoms. The van der Waals surface area contributed by atoms with Crippen LogP contribution in [0.4, 0.5) is 4.39 Å². The summed E-state index contributed by atoms with van der Waals surface area (Å²) in [7, 11) is 0. The summed E-state index contributed by atoms with van der Waals surface area (Å²) in [6.45, 7) is 0.606. The lowest BCUT2D eigenvalue weighted by atomic mass is 10.1. The van der Waals surface area contributed by atoms with Crippen LogP contribution in [0.5, 0.6) is 5.75 Å². The molecule has 0 spiro atoms. The predicted molar refractivity (Wildman–Crippen MR) is 81.2 cm³/mol. The number of hydrogen-bond acceptors (Lipinski definition) is 2. The van der Waals surface area contributed by atoms with E-state index >= 15 is 0 Å². The molecule has 0 saturated carbocycles. The van der Waals surface area contributed by atoms with E-state index in [-0.39, 0.29) is 11.7 Å². The third-order valence-corrected chi connectivity index (χ3v) is 4.88. The van der Waals surface area contributed by atoms with E-state index < -0.39 is 0 Å². The van der Waals surface area contributed by atoms with Crippen LogP contribution in [-0.4, -0.2) is 11.9 Å². The van der Waals surface area contributed by atoms with Crippen LogP contribution in [0.1, 0.15) is 11.1 Å². The molecule has 0 amide bonds.